The fraction of sp³-hybridized carbons (Fsp3) is 0.458. The Morgan fingerprint density at radius 1 is 1.06 bits per heavy atom. The number of hydrogen-bond donors (Lipinski definition) is 1. The van der Waals surface area contributed by atoms with Crippen LogP contribution >= 0.6 is 0 Å². The molecule has 0 amide bonds. The number of ether oxygens (including phenoxy) is 2. The maximum atomic E-state index is 5.51. The number of piperazine rings is 1. The molecule has 3 aromatic rings. The lowest BCUT2D eigenvalue weighted by molar-refractivity contribution is 0.171. The van der Waals surface area contributed by atoms with Gasteiger partial charge in [-0.1, -0.05) is 12.1 Å². The molecule has 5 rings (SSSR count). The Morgan fingerprint density at radius 3 is 2.82 bits per heavy atom. The lowest BCUT2D eigenvalue weighted by atomic mass is 10.1. The molecule has 2 aliphatic rings. The highest BCUT2D eigenvalue weighted by Gasteiger charge is 2.21. The second kappa shape index (κ2) is 10.1. The van der Waals surface area contributed by atoms with Gasteiger partial charge >= 0.3 is 0 Å². The Labute approximate surface area is 194 Å². The van der Waals surface area contributed by atoms with E-state index in [1.807, 2.05) is 34.9 Å². The number of aryl methyl sites for hydroxylation is 1. The summed E-state index contributed by atoms with van der Waals surface area (Å²) < 4.78 is 13.0. The van der Waals surface area contributed by atoms with Crippen molar-refractivity contribution in [1.82, 2.24) is 29.7 Å². The summed E-state index contributed by atoms with van der Waals surface area (Å²) in [5.74, 6) is 3.69. The third-order valence-corrected chi connectivity index (χ3v) is 6.05. The molecule has 9 heteroatoms. The summed E-state index contributed by atoms with van der Waals surface area (Å²) in [6, 6.07) is 12.2. The summed E-state index contributed by atoms with van der Waals surface area (Å²) in [5.41, 5.74) is 2.15. The van der Waals surface area contributed by atoms with Gasteiger partial charge in [-0.05, 0) is 43.2 Å². The van der Waals surface area contributed by atoms with Crippen molar-refractivity contribution < 1.29 is 9.47 Å². The van der Waals surface area contributed by atoms with Gasteiger partial charge in [0.2, 0.25) is 6.79 Å². The van der Waals surface area contributed by atoms with E-state index in [-0.39, 0.29) is 0 Å². The first-order valence-electron chi connectivity index (χ1n) is 11.7. The van der Waals surface area contributed by atoms with E-state index in [0.29, 0.717) is 6.79 Å². The van der Waals surface area contributed by atoms with Crippen LogP contribution in [0, 0.1) is 0 Å². The first-order valence-corrected chi connectivity index (χ1v) is 11.7. The molecule has 1 aromatic carbocycles. The Balaban J connectivity index is 1.12. The molecular formula is C24H31N7O2. The van der Waals surface area contributed by atoms with Crippen LogP contribution in [0.15, 0.2) is 47.6 Å². The molecule has 0 bridgehead atoms. The number of rotatable bonds is 7. The minimum absolute atomic E-state index is 0.319. The van der Waals surface area contributed by atoms with E-state index in [1.54, 1.807) is 0 Å². The van der Waals surface area contributed by atoms with E-state index >= 15 is 0 Å². The van der Waals surface area contributed by atoms with Gasteiger partial charge in [0, 0.05) is 58.4 Å². The average molecular weight is 450 g/mol. The van der Waals surface area contributed by atoms with Crippen LogP contribution in [0.5, 0.6) is 11.5 Å². The van der Waals surface area contributed by atoms with Crippen molar-refractivity contribution in [2.24, 2.45) is 4.99 Å². The zero-order valence-corrected chi connectivity index (χ0v) is 19.1. The van der Waals surface area contributed by atoms with Gasteiger partial charge in [0.05, 0.1) is 0 Å². The van der Waals surface area contributed by atoms with E-state index in [1.165, 1.54) is 5.56 Å². The maximum absolute atomic E-state index is 5.51. The van der Waals surface area contributed by atoms with Crippen LogP contribution in [0.2, 0.25) is 0 Å². The van der Waals surface area contributed by atoms with Gasteiger partial charge in [-0.15, -0.1) is 10.2 Å². The number of benzene rings is 1. The third kappa shape index (κ3) is 5.03. The molecule has 0 atom stereocenters. The summed E-state index contributed by atoms with van der Waals surface area (Å²) in [7, 11) is 0. The van der Waals surface area contributed by atoms with Crippen LogP contribution in [0.1, 0.15) is 24.7 Å². The maximum Gasteiger partial charge on any atom is 0.231 e. The molecule has 33 heavy (non-hydrogen) atoms. The molecule has 9 nitrogen and oxygen atoms in total. The van der Waals surface area contributed by atoms with E-state index in [9.17, 15) is 0 Å². The van der Waals surface area contributed by atoms with Crippen LogP contribution in [-0.4, -0.2) is 76.4 Å². The minimum Gasteiger partial charge on any atom is -0.454 e. The van der Waals surface area contributed by atoms with Crippen molar-refractivity contribution in [3.63, 3.8) is 0 Å². The van der Waals surface area contributed by atoms with Crippen molar-refractivity contribution >= 4 is 11.6 Å². The van der Waals surface area contributed by atoms with E-state index in [0.717, 1.165) is 87.6 Å². The molecule has 2 aromatic heterocycles. The van der Waals surface area contributed by atoms with Crippen molar-refractivity contribution in [1.29, 1.82) is 0 Å². The molecule has 4 heterocycles. The Morgan fingerprint density at radius 2 is 1.94 bits per heavy atom. The van der Waals surface area contributed by atoms with Gasteiger partial charge < -0.3 is 19.7 Å². The number of hydrogen-bond acceptors (Lipinski definition) is 6. The van der Waals surface area contributed by atoms with E-state index in [2.05, 4.69) is 44.4 Å². The highest BCUT2D eigenvalue weighted by atomic mass is 16.7. The molecule has 1 fully saturated rings. The summed E-state index contributed by atoms with van der Waals surface area (Å²) >= 11 is 0. The van der Waals surface area contributed by atoms with Crippen molar-refractivity contribution in [2.45, 2.75) is 26.3 Å². The molecule has 0 saturated carbocycles. The summed E-state index contributed by atoms with van der Waals surface area (Å²) in [4.78, 5) is 9.74. The normalized spacial score (nSPS) is 16.5. The molecule has 0 aliphatic carbocycles. The van der Waals surface area contributed by atoms with Crippen molar-refractivity contribution in [3.05, 3.63) is 54.0 Å². The zero-order valence-electron chi connectivity index (χ0n) is 19.1. The fourth-order valence-corrected chi connectivity index (χ4v) is 4.32. The second-order valence-corrected chi connectivity index (χ2v) is 8.34. The topological polar surface area (TPSA) is 79.5 Å². The monoisotopic (exact) mass is 449 g/mol. The van der Waals surface area contributed by atoms with E-state index < -0.39 is 0 Å². The number of nitrogens with one attached hydrogen (secondary N) is 1. The van der Waals surface area contributed by atoms with E-state index in [4.69, 9.17) is 14.5 Å². The van der Waals surface area contributed by atoms with Crippen LogP contribution < -0.4 is 14.8 Å². The van der Waals surface area contributed by atoms with Crippen molar-refractivity contribution in [3.8, 4) is 11.5 Å². The molecule has 0 unspecified atom stereocenters. The van der Waals surface area contributed by atoms with Crippen LogP contribution in [0.4, 0.5) is 0 Å². The average Bonchev–Trinajstić information content (AvgIpc) is 3.48. The molecule has 174 valence electrons. The number of pyridine rings is 1. The summed E-state index contributed by atoms with van der Waals surface area (Å²) in [6.45, 7) is 8.93. The number of guanidine groups is 1. The smallest absolute Gasteiger partial charge is 0.231 e. The van der Waals surface area contributed by atoms with Gasteiger partial charge in [0.25, 0.3) is 0 Å². The lowest BCUT2D eigenvalue weighted by Gasteiger charge is -2.36. The number of fused-ring (bicyclic) bond motifs is 2. The first kappa shape index (κ1) is 21.5. The largest absolute Gasteiger partial charge is 0.454 e. The van der Waals surface area contributed by atoms with Gasteiger partial charge in [-0.2, -0.15) is 0 Å². The van der Waals surface area contributed by atoms with Crippen LogP contribution in [-0.2, 0) is 13.0 Å². The van der Waals surface area contributed by atoms with Gasteiger partial charge in [-0.3, -0.25) is 14.3 Å². The van der Waals surface area contributed by atoms with Gasteiger partial charge in [0.1, 0.15) is 5.82 Å². The Bertz CT molecular complexity index is 1110. The van der Waals surface area contributed by atoms with Crippen LogP contribution in [0.25, 0.3) is 5.65 Å². The standard InChI is InChI=1S/C24H31N7O2/c1-2-25-24(26-10-5-7-23-28-27-22-6-3-4-11-31(22)23)30-14-12-29(13-15-30)17-19-8-9-20-21(16-19)33-18-32-20/h3-4,6,8-9,11,16H,2,5,7,10,12-15,17-18H2,1H3,(H,25,26). The predicted octanol–water partition coefficient (Wildman–Crippen LogP) is 2.17. The molecule has 1 N–H and O–H groups in total. The first-order chi connectivity index (χ1) is 16.3. The molecule has 2 aliphatic heterocycles. The highest BCUT2D eigenvalue weighted by Crippen LogP contribution is 2.32. The third-order valence-electron chi connectivity index (χ3n) is 6.05. The Hall–Kier alpha value is -3.33. The van der Waals surface area contributed by atoms with Crippen LogP contribution in [0.3, 0.4) is 0 Å². The number of aliphatic imine (C=N–C) groups is 1. The predicted molar refractivity (Wildman–Crippen MR) is 127 cm³/mol. The van der Waals surface area contributed by atoms with Crippen molar-refractivity contribution in [2.75, 3.05) is 46.1 Å². The lowest BCUT2D eigenvalue weighted by Crippen LogP contribution is -2.52. The molecular weight excluding hydrogens is 418 g/mol. The van der Waals surface area contributed by atoms with Gasteiger partial charge in [0.15, 0.2) is 23.1 Å². The zero-order chi connectivity index (χ0) is 22.5. The SMILES string of the molecule is CCNC(=NCCCc1nnc2ccccn12)N1CCN(Cc2ccc3c(c2)OCO3)CC1. The van der Waals surface area contributed by atoms with Gasteiger partial charge in [-0.25, -0.2) is 0 Å². The molecule has 1 saturated heterocycles. The number of aromatic nitrogens is 3. The highest BCUT2D eigenvalue weighted by molar-refractivity contribution is 5.80. The quantitative estimate of drug-likeness (QED) is 0.336. The molecule has 0 spiro atoms. The number of nitrogens with zero attached hydrogens (tertiary/aromatic N) is 6. The fourth-order valence-electron chi connectivity index (χ4n) is 4.32. The Kier molecular flexibility index (Phi) is 6.57. The minimum atomic E-state index is 0.319. The summed E-state index contributed by atoms with van der Waals surface area (Å²) in [6.07, 6.45) is 3.81. The molecule has 0 radical (unpaired) electrons. The summed E-state index contributed by atoms with van der Waals surface area (Å²) in [5, 5.41) is 12.0. The second-order valence-electron chi connectivity index (χ2n) is 8.34.